The van der Waals surface area contributed by atoms with Crippen molar-refractivity contribution < 1.29 is 121 Å². The summed E-state index contributed by atoms with van der Waals surface area (Å²) in [7, 11) is 4.49. The summed E-state index contributed by atoms with van der Waals surface area (Å²) in [4.78, 5) is 74.1. The molecule has 9 atom stereocenters. The number of carboxylic acids is 1. The molecule has 0 saturated carbocycles. The second-order valence-electron chi connectivity index (χ2n) is 24.7. The molecule has 0 spiro atoms. The summed E-state index contributed by atoms with van der Waals surface area (Å²) in [5.41, 5.74) is 2.04. The fraction of sp³-hybridized carbons (Fsp3) is 0.574. The minimum absolute atomic E-state index is 0.0924. The highest BCUT2D eigenvalue weighted by Crippen LogP contribution is 2.47. The smallest absolute Gasteiger partial charge is 0.417 e. The molecular formula is C68H92N4O25. The maximum atomic E-state index is 14.7. The van der Waals surface area contributed by atoms with E-state index in [1.54, 1.807) is 40.0 Å². The molecule has 3 aromatic rings. The Bertz CT molecular complexity index is 3250. The van der Waals surface area contributed by atoms with Gasteiger partial charge in [-0.25, -0.2) is 24.2 Å². The van der Waals surface area contributed by atoms with Gasteiger partial charge in [0.2, 0.25) is 6.29 Å². The van der Waals surface area contributed by atoms with Crippen molar-refractivity contribution >= 4 is 46.9 Å². The Hall–Kier alpha value is -7.65. The second-order valence-corrected chi connectivity index (χ2v) is 24.7. The molecule has 0 radical (unpaired) electrons. The lowest BCUT2D eigenvalue weighted by atomic mass is 9.98. The van der Waals surface area contributed by atoms with Gasteiger partial charge in [0.05, 0.1) is 128 Å². The quantitative estimate of drug-likeness (QED) is 0.0250. The lowest BCUT2D eigenvalue weighted by molar-refractivity contribution is -0.271. The summed E-state index contributed by atoms with van der Waals surface area (Å²) >= 11 is 0. The molecule has 5 aliphatic heterocycles. The first kappa shape index (κ1) is 75.1. The number of aliphatic hydroxyl groups excluding tert-OH is 5. The van der Waals surface area contributed by atoms with Crippen LogP contribution in [0.4, 0.5) is 21.0 Å². The predicted molar refractivity (Wildman–Crippen MR) is 347 cm³/mol. The second kappa shape index (κ2) is 35.2. The first-order valence-corrected chi connectivity index (χ1v) is 32.2. The van der Waals surface area contributed by atoms with Crippen LogP contribution in [0.1, 0.15) is 97.6 Å². The number of methoxy groups -OCH3 is 3. The van der Waals surface area contributed by atoms with Crippen molar-refractivity contribution in [1.82, 2.24) is 9.80 Å². The van der Waals surface area contributed by atoms with E-state index in [1.165, 1.54) is 49.5 Å². The van der Waals surface area contributed by atoms with Crippen molar-refractivity contribution in [2.24, 2.45) is 0 Å². The van der Waals surface area contributed by atoms with E-state index in [-0.39, 0.29) is 110 Å². The number of fused-ring (bicyclic) bond motifs is 4. The number of carbonyl (C=O) groups excluding carboxylic acids is 4. The van der Waals surface area contributed by atoms with Crippen LogP contribution >= 0.6 is 0 Å². The third-order valence-corrected chi connectivity index (χ3v) is 16.5. The monoisotopic (exact) mass is 1360 g/mol. The molecular weight excluding hydrogens is 1270 g/mol. The maximum Gasteiger partial charge on any atom is 0.417 e. The number of benzene rings is 3. The van der Waals surface area contributed by atoms with Crippen LogP contribution < -0.4 is 33.5 Å². The molecule has 29 heteroatoms. The van der Waals surface area contributed by atoms with E-state index in [1.807, 2.05) is 4.90 Å². The maximum absolute atomic E-state index is 14.7. The highest BCUT2D eigenvalue weighted by Gasteiger charge is 2.50. The fourth-order valence-electron chi connectivity index (χ4n) is 11.6. The molecule has 5 aliphatic rings. The number of unbranched alkanes of at least 4 members (excludes halogenated alkanes) is 2. The molecule has 534 valence electrons. The summed E-state index contributed by atoms with van der Waals surface area (Å²) < 4.78 is 79.5. The number of hydrogen-bond acceptors (Lipinski definition) is 25. The largest absolute Gasteiger partial charge is 0.493 e. The number of ketones is 1. The zero-order chi connectivity index (χ0) is 70.1. The molecule has 3 saturated heterocycles. The van der Waals surface area contributed by atoms with Gasteiger partial charge in [0.1, 0.15) is 36.3 Å². The number of aliphatic hydroxyl groups is 5. The molecule has 0 bridgehead atoms. The summed E-state index contributed by atoms with van der Waals surface area (Å²) in [6.45, 7) is 22.1. The van der Waals surface area contributed by atoms with E-state index in [0.717, 1.165) is 20.9 Å². The van der Waals surface area contributed by atoms with E-state index in [9.17, 15) is 54.6 Å². The fourth-order valence-corrected chi connectivity index (χ4v) is 11.6. The van der Waals surface area contributed by atoms with Gasteiger partial charge < -0.3 is 107 Å². The number of anilines is 2. The number of nitrogens with zero attached hydrogens (tertiary/aromatic N) is 4. The Morgan fingerprint density at radius 3 is 1.64 bits per heavy atom. The summed E-state index contributed by atoms with van der Waals surface area (Å²) in [6.07, 6.45) is -12.3. The highest BCUT2D eigenvalue weighted by atomic mass is 16.7. The first-order valence-electron chi connectivity index (χ1n) is 32.2. The molecule has 6 N–H and O–H groups in total. The van der Waals surface area contributed by atoms with E-state index in [2.05, 4.69) is 19.7 Å². The summed E-state index contributed by atoms with van der Waals surface area (Å²) in [5.74, 6) is -1.76. The van der Waals surface area contributed by atoms with Gasteiger partial charge in [-0.1, -0.05) is 36.9 Å². The van der Waals surface area contributed by atoms with Crippen LogP contribution in [0.2, 0.25) is 0 Å². The van der Waals surface area contributed by atoms with Gasteiger partial charge in [-0.15, -0.1) is 0 Å². The highest BCUT2D eigenvalue weighted by molar-refractivity contribution is 6.06. The number of aliphatic carboxylic acids is 1. The number of carboxylic acid groups (broad SMARTS) is 1. The number of ether oxygens (including phenoxy) is 14. The minimum atomic E-state index is -2.01. The summed E-state index contributed by atoms with van der Waals surface area (Å²) in [6, 6.07) is 8.89. The third kappa shape index (κ3) is 19.2. The zero-order valence-electron chi connectivity index (χ0n) is 55.9. The molecule has 0 aromatic heterocycles. The van der Waals surface area contributed by atoms with E-state index >= 15 is 0 Å². The first-order chi connectivity index (χ1) is 46.5. The van der Waals surface area contributed by atoms with Crippen molar-refractivity contribution in [3.63, 3.8) is 0 Å². The van der Waals surface area contributed by atoms with Crippen LogP contribution in [0.15, 0.2) is 73.3 Å². The van der Waals surface area contributed by atoms with Gasteiger partial charge in [0, 0.05) is 56.6 Å². The van der Waals surface area contributed by atoms with Gasteiger partial charge >= 0.3 is 18.2 Å². The molecule has 3 fully saturated rings. The van der Waals surface area contributed by atoms with Crippen molar-refractivity contribution in [3.05, 3.63) is 95.6 Å². The van der Waals surface area contributed by atoms with E-state index < -0.39 is 97.3 Å². The average molecular weight is 1370 g/mol. The summed E-state index contributed by atoms with van der Waals surface area (Å²) in [5, 5.41) is 65.4. The van der Waals surface area contributed by atoms with Crippen molar-refractivity contribution in [3.8, 4) is 28.7 Å². The van der Waals surface area contributed by atoms with E-state index in [0.29, 0.717) is 102 Å². The van der Waals surface area contributed by atoms with Gasteiger partial charge in [0.15, 0.2) is 47.3 Å². The average Bonchev–Trinajstić information content (AvgIpc) is 1.65. The number of carbonyl (C=O) groups is 5. The number of amides is 3. The van der Waals surface area contributed by atoms with Gasteiger partial charge in [-0.3, -0.25) is 9.59 Å². The Balaban J connectivity index is 0.909. The van der Waals surface area contributed by atoms with Gasteiger partial charge in [0.25, 0.3) is 5.91 Å². The number of hydrogen-bond donors (Lipinski definition) is 6. The van der Waals surface area contributed by atoms with Gasteiger partial charge in [-0.2, -0.15) is 0 Å². The molecule has 0 aliphatic carbocycles. The molecule has 8 rings (SSSR count). The third-order valence-electron chi connectivity index (χ3n) is 16.5. The van der Waals surface area contributed by atoms with Crippen LogP contribution in [-0.4, -0.2) is 251 Å². The molecule has 3 amide bonds. The van der Waals surface area contributed by atoms with Crippen LogP contribution in [0.25, 0.3) is 5.70 Å². The Morgan fingerprint density at radius 1 is 0.577 bits per heavy atom. The topological polar surface area (TPSA) is 349 Å². The van der Waals surface area contributed by atoms with Crippen molar-refractivity contribution in [2.45, 2.75) is 133 Å². The zero-order valence-corrected chi connectivity index (χ0v) is 55.9. The van der Waals surface area contributed by atoms with E-state index in [4.69, 9.17) is 66.3 Å². The van der Waals surface area contributed by atoms with Crippen LogP contribution in [0, 0.1) is 0 Å². The number of rotatable bonds is 35. The molecule has 5 heterocycles. The SMILES string of the molecule is C=C1C[C@H]2C(O)N(C(=O)OCc3ccc(O[C@@H]4O[C@H](C(=O)O)[C@@H](O)[C@H](O)[C@H]4O)c(C(=O)CCCOCCOCCOCCOCCOCCOC)c3)c3cc(OCCCCCOc4cc5c(cc4OC)C(=O)N4CC(=C)C[C@H]4C(O)N5C(=O)OC(C)(C)C)c(OC)cc3C(=C)N2C1. The molecule has 2 unspecified atom stereocenters. The number of Topliss-reactive ketones (excluding diaryl/α,β-unsaturated/α-hetero) is 1. The Labute approximate surface area is 563 Å². The normalized spacial score (nSPS) is 22.3. The minimum Gasteiger partial charge on any atom is -0.493 e. The lowest BCUT2D eigenvalue weighted by Crippen LogP contribution is -2.61. The van der Waals surface area contributed by atoms with Crippen LogP contribution in [-0.2, 0) is 54.0 Å². The van der Waals surface area contributed by atoms with Crippen molar-refractivity contribution in [2.75, 3.05) is 130 Å². The molecule has 29 nitrogen and oxygen atoms in total. The Kier molecular flexibility index (Phi) is 27.3. The predicted octanol–water partition coefficient (Wildman–Crippen LogP) is 5.22. The van der Waals surface area contributed by atoms with Crippen molar-refractivity contribution in [1.29, 1.82) is 0 Å². The van der Waals surface area contributed by atoms with Crippen LogP contribution in [0.3, 0.4) is 0 Å². The van der Waals surface area contributed by atoms with Crippen LogP contribution in [0.5, 0.6) is 28.7 Å². The lowest BCUT2D eigenvalue weighted by Gasteiger charge is -2.38. The molecule has 97 heavy (non-hydrogen) atoms. The molecule has 3 aromatic carbocycles. The van der Waals surface area contributed by atoms with Gasteiger partial charge in [-0.05, 0) is 89.1 Å². The standard InChI is InChI=1S/C68H92N4O25/c1-40-30-49-62(78)71(66(82)94-39-43-15-16-52(95-65-59(76)57(74)58(75)60(96-65)64(80)81)46(32-43)51(73)14-13-17-87-22-23-89-26-27-91-29-28-90-25-24-88-21-20-84-7)47-35-55(53(85-8)33-44(47)42(3)69(49)37-40)92-18-11-10-12-19-93-56-36-48-45(34-54(56)86-9)61(77)70-38-41(2)31-50(70)63(79)72(48)67(83)97-68(4,5)6/h15-16,32-36,49-50,57-60,62-63,65,74-76,78-79H,1-3,10-14,17-31,37-39H2,4-9H3,(H,80,81)/t49-,50-,57-,58-,59+,60-,62?,63?,65+/m0/s1. The Morgan fingerprint density at radius 2 is 1.09 bits per heavy atom.